The maximum absolute atomic E-state index is 12.0. The molecule has 0 spiro atoms. The molecule has 1 amide bonds. The van der Waals surface area contributed by atoms with Gasteiger partial charge in [-0.05, 0) is 25.5 Å². The lowest BCUT2D eigenvalue weighted by atomic mass is 10.2. The molecule has 2 atom stereocenters. The number of hydrogen-bond acceptors (Lipinski definition) is 2. The molecule has 0 saturated carbocycles. The summed E-state index contributed by atoms with van der Waals surface area (Å²) in [7, 11) is 0. The number of amides is 1. The van der Waals surface area contributed by atoms with Crippen LogP contribution in [0.2, 0.25) is 0 Å². The van der Waals surface area contributed by atoms with E-state index in [2.05, 4.69) is 35.8 Å². The second kappa shape index (κ2) is 5.95. The quantitative estimate of drug-likeness (QED) is 0.802. The molecule has 4 heteroatoms. The zero-order valence-corrected chi connectivity index (χ0v) is 13.9. The molecule has 1 aliphatic heterocycles. The van der Waals surface area contributed by atoms with Crippen LogP contribution < -0.4 is 0 Å². The number of nitrogens with zero attached hydrogens (tertiary/aromatic N) is 2. The van der Waals surface area contributed by atoms with Gasteiger partial charge in [-0.25, -0.2) is 0 Å². The van der Waals surface area contributed by atoms with E-state index < -0.39 is 6.10 Å². The first-order valence-corrected chi connectivity index (χ1v) is 8.58. The summed E-state index contributed by atoms with van der Waals surface area (Å²) < 4.78 is 2.17. The monoisotopic (exact) mass is 322 g/mol. The van der Waals surface area contributed by atoms with E-state index in [1.807, 2.05) is 29.2 Å². The molecular weight excluding hydrogens is 300 g/mol. The Bertz CT molecular complexity index is 846. The first-order chi connectivity index (χ1) is 11.6. The number of para-hydroxylation sites is 2. The molecule has 1 N–H and O–H groups in total. The van der Waals surface area contributed by atoms with E-state index in [0.29, 0.717) is 19.5 Å². The SMILES string of the molecule is C[C@@H]1CCC(=O)N1C[C@H](O)Cn1c2ccccc2c2ccccc21. The molecule has 24 heavy (non-hydrogen) atoms. The number of benzene rings is 2. The van der Waals surface area contributed by atoms with Crippen LogP contribution >= 0.6 is 0 Å². The van der Waals surface area contributed by atoms with Crippen LogP contribution in [0.5, 0.6) is 0 Å². The van der Waals surface area contributed by atoms with Crippen molar-refractivity contribution in [2.24, 2.45) is 0 Å². The minimum atomic E-state index is -0.575. The van der Waals surface area contributed by atoms with Crippen molar-refractivity contribution in [1.82, 2.24) is 9.47 Å². The Morgan fingerprint density at radius 1 is 1.04 bits per heavy atom. The smallest absolute Gasteiger partial charge is 0.222 e. The standard InChI is InChI=1S/C20H22N2O2/c1-14-10-11-20(24)21(14)12-15(23)13-22-18-8-4-2-6-16(18)17-7-3-5-9-19(17)22/h2-9,14-15,23H,10-13H2,1H3/t14-,15+/m1/s1. The number of carbonyl (C=O) groups is 1. The third kappa shape index (κ3) is 2.47. The lowest BCUT2D eigenvalue weighted by molar-refractivity contribution is -0.130. The van der Waals surface area contributed by atoms with Gasteiger partial charge in [0.15, 0.2) is 0 Å². The molecule has 124 valence electrons. The fourth-order valence-corrected chi connectivity index (χ4v) is 3.85. The van der Waals surface area contributed by atoms with Crippen LogP contribution in [0.4, 0.5) is 0 Å². The normalized spacial score (nSPS) is 19.5. The van der Waals surface area contributed by atoms with Crippen LogP contribution in [0, 0.1) is 0 Å². The predicted molar refractivity (Wildman–Crippen MR) is 95.9 cm³/mol. The van der Waals surface area contributed by atoms with Gasteiger partial charge in [0.05, 0.1) is 12.6 Å². The number of aliphatic hydroxyl groups is 1. The van der Waals surface area contributed by atoms with Gasteiger partial charge in [0.1, 0.15) is 0 Å². The third-order valence-corrected chi connectivity index (χ3v) is 5.11. The first-order valence-electron chi connectivity index (χ1n) is 8.58. The van der Waals surface area contributed by atoms with Gasteiger partial charge in [0.2, 0.25) is 5.91 Å². The first kappa shape index (κ1) is 15.2. The number of rotatable bonds is 4. The third-order valence-electron chi connectivity index (χ3n) is 5.11. The summed E-state index contributed by atoms with van der Waals surface area (Å²) in [6.07, 6.45) is 0.915. The molecule has 0 bridgehead atoms. The van der Waals surface area contributed by atoms with Gasteiger partial charge in [-0.3, -0.25) is 4.79 Å². The van der Waals surface area contributed by atoms with Gasteiger partial charge in [0.25, 0.3) is 0 Å². The van der Waals surface area contributed by atoms with Crippen molar-refractivity contribution in [3.05, 3.63) is 48.5 Å². The highest BCUT2D eigenvalue weighted by Gasteiger charge is 2.29. The molecule has 3 aromatic rings. The van der Waals surface area contributed by atoms with Gasteiger partial charge in [-0.15, -0.1) is 0 Å². The van der Waals surface area contributed by atoms with Crippen LogP contribution in [0.1, 0.15) is 19.8 Å². The molecule has 1 saturated heterocycles. The zero-order valence-electron chi connectivity index (χ0n) is 13.9. The fourth-order valence-electron chi connectivity index (χ4n) is 3.85. The molecular formula is C20H22N2O2. The summed E-state index contributed by atoms with van der Waals surface area (Å²) in [5.41, 5.74) is 2.25. The van der Waals surface area contributed by atoms with Crippen molar-refractivity contribution >= 4 is 27.7 Å². The van der Waals surface area contributed by atoms with Gasteiger partial charge < -0.3 is 14.6 Å². The Balaban J connectivity index is 1.67. The highest BCUT2D eigenvalue weighted by atomic mass is 16.3. The van der Waals surface area contributed by atoms with Gasteiger partial charge in [-0.2, -0.15) is 0 Å². The average Bonchev–Trinajstić information content (AvgIpc) is 3.08. The van der Waals surface area contributed by atoms with E-state index in [1.165, 1.54) is 10.8 Å². The number of carbonyl (C=O) groups excluding carboxylic acids is 1. The van der Waals surface area contributed by atoms with E-state index in [1.54, 1.807) is 0 Å². The molecule has 4 rings (SSSR count). The number of likely N-dealkylation sites (tertiary alicyclic amines) is 1. The predicted octanol–water partition coefficient (Wildman–Crippen LogP) is 3.17. The topological polar surface area (TPSA) is 45.5 Å². The van der Waals surface area contributed by atoms with Crippen LogP contribution in [0.25, 0.3) is 21.8 Å². The number of fused-ring (bicyclic) bond motifs is 3. The summed E-state index contributed by atoms with van der Waals surface area (Å²) in [5, 5.41) is 13.0. The highest BCUT2D eigenvalue weighted by Crippen LogP contribution is 2.29. The van der Waals surface area contributed by atoms with E-state index >= 15 is 0 Å². The maximum atomic E-state index is 12.0. The van der Waals surface area contributed by atoms with Crippen molar-refractivity contribution in [2.45, 2.75) is 38.5 Å². The number of hydrogen-bond donors (Lipinski definition) is 1. The zero-order chi connectivity index (χ0) is 16.7. The molecule has 0 radical (unpaired) electrons. The van der Waals surface area contributed by atoms with E-state index in [0.717, 1.165) is 17.5 Å². The van der Waals surface area contributed by atoms with Crippen molar-refractivity contribution in [3.63, 3.8) is 0 Å². The van der Waals surface area contributed by atoms with Crippen LogP contribution in [-0.4, -0.2) is 39.2 Å². The highest BCUT2D eigenvalue weighted by molar-refractivity contribution is 6.07. The Morgan fingerprint density at radius 3 is 2.17 bits per heavy atom. The summed E-state index contributed by atoms with van der Waals surface area (Å²) in [4.78, 5) is 13.8. The van der Waals surface area contributed by atoms with E-state index in [-0.39, 0.29) is 11.9 Å². The maximum Gasteiger partial charge on any atom is 0.222 e. The molecule has 1 aliphatic rings. The van der Waals surface area contributed by atoms with Gasteiger partial charge in [-0.1, -0.05) is 36.4 Å². The minimum Gasteiger partial charge on any atom is -0.389 e. The van der Waals surface area contributed by atoms with Crippen LogP contribution in [0.3, 0.4) is 0 Å². The number of β-amino-alcohol motifs (C(OH)–C–C–N with tert-alkyl or cyclic N) is 1. The van der Waals surface area contributed by atoms with Crippen molar-refractivity contribution in [2.75, 3.05) is 6.54 Å². The van der Waals surface area contributed by atoms with Crippen molar-refractivity contribution < 1.29 is 9.90 Å². The van der Waals surface area contributed by atoms with Crippen LogP contribution in [-0.2, 0) is 11.3 Å². The summed E-state index contributed by atoms with van der Waals surface area (Å²) in [5.74, 6) is 0.156. The number of aliphatic hydroxyl groups excluding tert-OH is 1. The fraction of sp³-hybridized carbons (Fsp3) is 0.350. The van der Waals surface area contributed by atoms with Crippen molar-refractivity contribution in [1.29, 1.82) is 0 Å². The Labute approximate surface area is 141 Å². The van der Waals surface area contributed by atoms with Crippen LogP contribution in [0.15, 0.2) is 48.5 Å². The molecule has 0 aliphatic carbocycles. The molecule has 1 aromatic heterocycles. The summed E-state index contributed by atoms with van der Waals surface area (Å²) in [6, 6.07) is 16.8. The lowest BCUT2D eigenvalue weighted by Gasteiger charge is -2.25. The molecule has 2 heterocycles. The molecule has 1 fully saturated rings. The Kier molecular flexibility index (Phi) is 3.77. The lowest BCUT2D eigenvalue weighted by Crippen LogP contribution is -2.39. The largest absolute Gasteiger partial charge is 0.389 e. The number of aromatic nitrogens is 1. The summed E-state index contributed by atoms with van der Waals surface area (Å²) >= 11 is 0. The molecule has 4 nitrogen and oxygen atoms in total. The minimum absolute atomic E-state index is 0.156. The second-order valence-corrected chi connectivity index (χ2v) is 6.73. The summed E-state index contributed by atoms with van der Waals surface area (Å²) in [6.45, 7) is 2.95. The Hall–Kier alpha value is -2.33. The molecule has 2 aromatic carbocycles. The van der Waals surface area contributed by atoms with Crippen molar-refractivity contribution in [3.8, 4) is 0 Å². The molecule has 0 unspecified atom stereocenters. The van der Waals surface area contributed by atoms with Gasteiger partial charge in [0, 0.05) is 40.8 Å². The van der Waals surface area contributed by atoms with E-state index in [9.17, 15) is 9.90 Å². The van der Waals surface area contributed by atoms with E-state index in [4.69, 9.17) is 0 Å². The Morgan fingerprint density at radius 2 is 1.62 bits per heavy atom. The van der Waals surface area contributed by atoms with Gasteiger partial charge >= 0.3 is 0 Å². The second-order valence-electron chi connectivity index (χ2n) is 6.73. The average molecular weight is 322 g/mol.